The molecule has 31 heavy (non-hydrogen) atoms. The Kier molecular flexibility index (Phi) is 6.89. The van der Waals surface area contributed by atoms with Gasteiger partial charge in [0.05, 0.1) is 0 Å². The second-order valence-electron chi connectivity index (χ2n) is 9.02. The van der Waals surface area contributed by atoms with Crippen molar-refractivity contribution in [3.8, 4) is 0 Å². The molecule has 162 valence electrons. The van der Waals surface area contributed by atoms with E-state index in [0.717, 1.165) is 31.7 Å². The lowest BCUT2D eigenvalue weighted by molar-refractivity contribution is 0.0668. The summed E-state index contributed by atoms with van der Waals surface area (Å²) in [5.41, 5.74) is 4.83. The van der Waals surface area contributed by atoms with E-state index in [1.54, 1.807) is 11.3 Å². The fourth-order valence-corrected chi connectivity index (χ4v) is 5.29. The van der Waals surface area contributed by atoms with E-state index in [1.807, 2.05) is 30.3 Å². The van der Waals surface area contributed by atoms with Gasteiger partial charge in [0.15, 0.2) is 0 Å². The van der Waals surface area contributed by atoms with E-state index in [-0.39, 0.29) is 11.9 Å². The number of hydrogen-bond acceptors (Lipinski definition) is 3. The molecule has 0 aliphatic carbocycles. The Morgan fingerprint density at radius 1 is 1.06 bits per heavy atom. The summed E-state index contributed by atoms with van der Waals surface area (Å²) in [5.74, 6) is 0.981. The second kappa shape index (κ2) is 9.80. The molecule has 1 amide bonds. The highest BCUT2D eigenvalue weighted by Crippen LogP contribution is 2.35. The maximum atomic E-state index is 13.3. The topological polar surface area (TPSA) is 23.6 Å². The third-order valence-corrected chi connectivity index (χ3v) is 7.08. The van der Waals surface area contributed by atoms with Crippen LogP contribution in [0.25, 0.3) is 0 Å². The highest BCUT2D eigenvalue weighted by atomic mass is 32.1. The summed E-state index contributed by atoms with van der Waals surface area (Å²) in [6, 6.07) is 21.1. The zero-order chi connectivity index (χ0) is 21.8. The van der Waals surface area contributed by atoms with Crippen LogP contribution in [0, 0.1) is 12.8 Å². The summed E-state index contributed by atoms with van der Waals surface area (Å²) in [7, 11) is 0. The number of nitrogens with zero attached hydrogens (tertiary/aromatic N) is 2. The monoisotopic (exact) mass is 432 g/mol. The molecule has 0 spiro atoms. The highest BCUT2D eigenvalue weighted by Gasteiger charge is 2.36. The maximum absolute atomic E-state index is 13.3. The first-order valence-corrected chi connectivity index (χ1v) is 12.1. The Morgan fingerprint density at radius 3 is 2.45 bits per heavy atom. The van der Waals surface area contributed by atoms with Gasteiger partial charge in [-0.3, -0.25) is 9.69 Å². The Hall–Kier alpha value is -2.43. The van der Waals surface area contributed by atoms with Crippen molar-refractivity contribution < 1.29 is 4.79 Å². The predicted molar refractivity (Wildman–Crippen MR) is 130 cm³/mol. The molecule has 3 nitrogen and oxygen atoms in total. The number of carbonyl (C=O) groups is 1. The molecule has 3 aromatic rings. The van der Waals surface area contributed by atoms with Crippen LogP contribution in [0.4, 0.5) is 0 Å². The van der Waals surface area contributed by atoms with Crippen LogP contribution in [0.1, 0.15) is 46.8 Å². The van der Waals surface area contributed by atoms with Gasteiger partial charge in [0.2, 0.25) is 0 Å². The first-order chi connectivity index (χ1) is 15.0. The molecule has 0 radical (unpaired) electrons. The first-order valence-electron chi connectivity index (χ1n) is 11.2. The largest absolute Gasteiger partial charge is 0.336 e. The molecule has 2 atom stereocenters. The Morgan fingerprint density at radius 2 is 1.81 bits per heavy atom. The summed E-state index contributed by atoms with van der Waals surface area (Å²) in [6.45, 7) is 10.2. The average molecular weight is 433 g/mol. The molecule has 0 bridgehead atoms. The first kappa shape index (κ1) is 21.8. The smallest absolute Gasteiger partial charge is 0.254 e. The van der Waals surface area contributed by atoms with Gasteiger partial charge in [0.25, 0.3) is 5.91 Å². The molecule has 1 fully saturated rings. The van der Waals surface area contributed by atoms with E-state index in [4.69, 9.17) is 0 Å². The minimum absolute atomic E-state index is 0.134. The van der Waals surface area contributed by atoms with Crippen molar-refractivity contribution in [2.75, 3.05) is 19.6 Å². The van der Waals surface area contributed by atoms with E-state index in [2.05, 4.69) is 71.7 Å². The molecule has 0 unspecified atom stereocenters. The van der Waals surface area contributed by atoms with Crippen LogP contribution >= 0.6 is 11.3 Å². The van der Waals surface area contributed by atoms with Crippen LogP contribution < -0.4 is 0 Å². The lowest BCUT2D eigenvalue weighted by Gasteiger charge is -2.32. The minimum atomic E-state index is 0.134. The van der Waals surface area contributed by atoms with Crippen molar-refractivity contribution >= 4 is 17.2 Å². The quantitative estimate of drug-likeness (QED) is 0.469. The third-order valence-electron chi connectivity index (χ3n) is 6.34. The number of thiophene rings is 1. The maximum Gasteiger partial charge on any atom is 0.254 e. The summed E-state index contributed by atoms with van der Waals surface area (Å²) in [5, 5.41) is 4.40. The normalized spacial score (nSPS) is 19.1. The molecule has 0 N–H and O–H groups in total. The number of hydrogen-bond donors (Lipinski definition) is 0. The van der Waals surface area contributed by atoms with E-state index in [0.29, 0.717) is 11.8 Å². The van der Waals surface area contributed by atoms with Crippen LogP contribution in [0.5, 0.6) is 0 Å². The standard InChI is InChI=1S/C27H32N2OS/c1-20(2)29(27(30)24-7-5-4-6-8-24)17-25-16-28(15-22-13-14-31-19-22)18-26(25)23-11-9-21(3)10-12-23/h4-14,19-20,25-26H,15-18H2,1-3H3/t25-,26-/m1/s1. The van der Waals surface area contributed by atoms with E-state index < -0.39 is 0 Å². The fraction of sp³-hybridized carbons (Fsp3) is 0.370. The predicted octanol–water partition coefficient (Wildman–Crippen LogP) is 5.82. The molecule has 1 aromatic heterocycles. The molecule has 2 heterocycles. The van der Waals surface area contributed by atoms with Crippen molar-refractivity contribution in [1.82, 2.24) is 9.80 Å². The molecular formula is C27H32N2OS. The lowest BCUT2D eigenvalue weighted by Crippen LogP contribution is -2.42. The van der Waals surface area contributed by atoms with Crippen LogP contribution in [0.15, 0.2) is 71.4 Å². The second-order valence-corrected chi connectivity index (χ2v) is 9.80. The summed E-state index contributed by atoms with van der Waals surface area (Å²) >= 11 is 1.76. The Bertz CT molecular complexity index is 966. The van der Waals surface area contributed by atoms with E-state index in [9.17, 15) is 4.79 Å². The van der Waals surface area contributed by atoms with Gasteiger partial charge in [0, 0.05) is 43.7 Å². The SMILES string of the molecule is Cc1ccc([C@H]2CN(Cc3ccsc3)C[C@@H]2CN(C(=O)c2ccccc2)C(C)C)cc1. The van der Waals surface area contributed by atoms with Gasteiger partial charge in [-0.25, -0.2) is 0 Å². The molecule has 1 saturated heterocycles. The van der Waals surface area contributed by atoms with Gasteiger partial charge in [-0.15, -0.1) is 0 Å². The zero-order valence-corrected chi connectivity index (χ0v) is 19.5. The number of aryl methyl sites for hydroxylation is 1. The molecule has 2 aromatic carbocycles. The number of carbonyl (C=O) groups excluding carboxylic acids is 1. The zero-order valence-electron chi connectivity index (χ0n) is 18.7. The van der Waals surface area contributed by atoms with Crippen molar-refractivity contribution in [3.05, 3.63) is 93.7 Å². The van der Waals surface area contributed by atoms with Crippen LogP contribution in [0.2, 0.25) is 0 Å². The van der Waals surface area contributed by atoms with Crippen LogP contribution in [-0.2, 0) is 6.54 Å². The molecular weight excluding hydrogens is 400 g/mol. The Balaban J connectivity index is 1.57. The van der Waals surface area contributed by atoms with Crippen LogP contribution in [-0.4, -0.2) is 41.4 Å². The van der Waals surface area contributed by atoms with Gasteiger partial charge in [-0.2, -0.15) is 11.3 Å². The van der Waals surface area contributed by atoms with Gasteiger partial charge >= 0.3 is 0 Å². The molecule has 4 heteroatoms. The summed E-state index contributed by atoms with van der Waals surface area (Å²) < 4.78 is 0. The Labute approximate surface area is 190 Å². The number of benzene rings is 2. The van der Waals surface area contributed by atoms with Crippen molar-refractivity contribution in [2.24, 2.45) is 5.92 Å². The van der Waals surface area contributed by atoms with Crippen molar-refractivity contribution in [3.63, 3.8) is 0 Å². The molecule has 1 aliphatic rings. The molecule has 1 aliphatic heterocycles. The van der Waals surface area contributed by atoms with Crippen molar-refractivity contribution in [1.29, 1.82) is 0 Å². The summed E-state index contributed by atoms with van der Waals surface area (Å²) in [4.78, 5) is 17.9. The van der Waals surface area contributed by atoms with Crippen molar-refractivity contribution in [2.45, 2.75) is 39.3 Å². The van der Waals surface area contributed by atoms with Crippen LogP contribution in [0.3, 0.4) is 0 Å². The molecule has 4 rings (SSSR count). The highest BCUT2D eigenvalue weighted by molar-refractivity contribution is 7.07. The van der Waals surface area contributed by atoms with Gasteiger partial charge in [0.1, 0.15) is 0 Å². The summed E-state index contributed by atoms with van der Waals surface area (Å²) in [6.07, 6.45) is 0. The lowest BCUT2D eigenvalue weighted by atomic mass is 9.88. The minimum Gasteiger partial charge on any atom is -0.336 e. The van der Waals surface area contributed by atoms with Gasteiger partial charge in [-0.1, -0.05) is 48.0 Å². The number of rotatable bonds is 7. The number of amides is 1. The third kappa shape index (κ3) is 5.25. The average Bonchev–Trinajstić information content (AvgIpc) is 3.43. The molecule has 0 saturated carbocycles. The van der Waals surface area contributed by atoms with E-state index in [1.165, 1.54) is 16.7 Å². The fourth-order valence-electron chi connectivity index (χ4n) is 4.63. The van der Waals surface area contributed by atoms with Gasteiger partial charge in [-0.05, 0) is 66.8 Å². The van der Waals surface area contributed by atoms with Gasteiger partial charge < -0.3 is 4.90 Å². The number of likely N-dealkylation sites (tertiary alicyclic amines) is 1. The van der Waals surface area contributed by atoms with E-state index >= 15 is 0 Å².